The largest absolute Gasteiger partial charge is 0.387 e. The van der Waals surface area contributed by atoms with Crippen molar-refractivity contribution in [2.45, 2.75) is 19.9 Å². The van der Waals surface area contributed by atoms with Crippen molar-refractivity contribution < 1.29 is 0 Å². The molecule has 1 fully saturated rings. The second kappa shape index (κ2) is 13.0. The number of dihydropyridines is 1. The summed E-state index contributed by atoms with van der Waals surface area (Å²) in [6.45, 7) is 13.8. The number of aromatic nitrogens is 4. The molecule has 0 radical (unpaired) electrons. The molecule has 2 aliphatic heterocycles. The number of nitrogens with zero attached hydrogens (tertiary/aromatic N) is 6. The van der Waals surface area contributed by atoms with Crippen LogP contribution in [0.25, 0.3) is 16.8 Å². The number of hydrogen-bond donors (Lipinski definition) is 2. The van der Waals surface area contributed by atoms with Gasteiger partial charge in [-0.3, -0.25) is 4.68 Å². The minimum absolute atomic E-state index is 0.606. The molecule has 4 heterocycles. The molecule has 0 aliphatic carbocycles. The van der Waals surface area contributed by atoms with Crippen molar-refractivity contribution in [1.29, 1.82) is 0 Å². The molecule has 0 saturated carbocycles. The Hall–Kier alpha value is -3.49. The molecule has 8 heteroatoms. The predicted octanol–water partition coefficient (Wildman–Crippen LogP) is 3.58. The molecule has 2 N–H and O–H groups in total. The van der Waals surface area contributed by atoms with E-state index in [1.54, 1.807) is 6.20 Å². The number of rotatable bonds is 11. The van der Waals surface area contributed by atoms with Crippen molar-refractivity contribution in [3.63, 3.8) is 0 Å². The van der Waals surface area contributed by atoms with E-state index < -0.39 is 0 Å². The number of likely N-dealkylation sites (N-methyl/N-ethyl adjacent to an activating group) is 1. The standard InChI is InChI=1S/C28H38N8/c1-4-8-23(12-16-35-19-17-34(3)18-20-35)9-6-14-30-28-31-15-11-26(32-28)25-22-36(5-2)33-27(25)24-10-7-13-29-21-24/h4,6-11,13,15,22,29H,1,5,12,14,16-21H2,2-3H3,(H,30,31,32)/b9-6-,23-8+. The summed E-state index contributed by atoms with van der Waals surface area (Å²) >= 11 is 0. The molecule has 2 aromatic rings. The van der Waals surface area contributed by atoms with Crippen LogP contribution in [-0.2, 0) is 6.54 Å². The van der Waals surface area contributed by atoms with Crippen LogP contribution >= 0.6 is 0 Å². The zero-order chi connectivity index (χ0) is 25.2. The normalized spacial score (nSPS) is 17.3. The first-order valence-corrected chi connectivity index (χ1v) is 12.8. The van der Waals surface area contributed by atoms with E-state index in [9.17, 15) is 0 Å². The molecule has 2 aliphatic rings. The highest BCUT2D eigenvalue weighted by Crippen LogP contribution is 2.28. The van der Waals surface area contributed by atoms with Gasteiger partial charge in [0.2, 0.25) is 5.95 Å². The van der Waals surface area contributed by atoms with Gasteiger partial charge in [-0.05, 0) is 49.9 Å². The van der Waals surface area contributed by atoms with Gasteiger partial charge in [-0.1, -0.05) is 37.0 Å². The average Bonchev–Trinajstić information content (AvgIpc) is 3.36. The lowest BCUT2D eigenvalue weighted by Gasteiger charge is -2.32. The minimum atomic E-state index is 0.606. The van der Waals surface area contributed by atoms with Crippen molar-refractivity contribution in [2.75, 3.05) is 58.2 Å². The number of piperazine rings is 1. The smallest absolute Gasteiger partial charge is 0.223 e. The first-order valence-electron chi connectivity index (χ1n) is 12.8. The Morgan fingerprint density at radius 1 is 1.25 bits per heavy atom. The fraction of sp³-hybridized carbons (Fsp3) is 0.393. The molecule has 0 atom stereocenters. The quantitative estimate of drug-likeness (QED) is 0.470. The van der Waals surface area contributed by atoms with Crippen LogP contribution < -0.4 is 10.6 Å². The van der Waals surface area contributed by atoms with Crippen LogP contribution in [0.1, 0.15) is 19.0 Å². The number of hydrogen-bond acceptors (Lipinski definition) is 7. The maximum absolute atomic E-state index is 4.79. The maximum Gasteiger partial charge on any atom is 0.223 e. The van der Waals surface area contributed by atoms with Gasteiger partial charge in [0, 0.05) is 70.3 Å². The Morgan fingerprint density at radius 3 is 2.86 bits per heavy atom. The summed E-state index contributed by atoms with van der Waals surface area (Å²) in [5.74, 6) is 0.606. The Kier molecular flexibility index (Phi) is 9.24. The van der Waals surface area contributed by atoms with Crippen LogP contribution in [0, 0.1) is 0 Å². The van der Waals surface area contributed by atoms with Crippen molar-refractivity contribution >= 4 is 11.5 Å². The maximum atomic E-state index is 4.79. The second-order valence-electron chi connectivity index (χ2n) is 9.10. The molecule has 190 valence electrons. The molecule has 1 saturated heterocycles. The van der Waals surface area contributed by atoms with Gasteiger partial charge in [-0.2, -0.15) is 5.10 Å². The van der Waals surface area contributed by atoms with Crippen molar-refractivity contribution in [1.82, 2.24) is 34.9 Å². The third kappa shape index (κ3) is 7.02. The Labute approximate surface area is 214 Å². The van der Waals surface area contributed by atoms with Crippen LogP contribution in [0.3, 0.4) is 0 Å². The first-order chi connectivity index (χ1) is 17.7. The lowest BCUT2D eigenvalue weighted by Crippen LogP contribution is -2.44. The van der Waals surface area contributed by atoms with E-state index in [0.717, 1.165) is 74.8 Å². The third-order valence-corrected chi connectivity index (χ3v) is 6.48. The van der Waals surface area contributed by atoms with Gasteiger partial charge >= 0.3 is 0 Å². The van der Waals surface area contributed by atoms with E-state index in [1.807, 2.05) is 29.1 Å². The SMILES string of the molecule is C=C/C=C(\C=C/CNc1nccc(-c2cn(CC)nc2C2=CC=CNC2)n1)CCN1CCN(C)CC1. The molecule has 0 spiro atoms. The highest BCUT2D eigenvalue weighted by atomic mass is 15.3. The zero-order valence-corrected chi connectivity index (χ0v) is 21.5. The predicted molar refractivity (Wildman–Crippen MR) is 149 cm³/mol. The second-order valence-corrected chi connectivity index (χ2v) is 9.10. The van der Waals surface area contributed by atoms with E-state index in [1.165, 1.54) is 5.57 Å². The van der Waals surface area contributed by atoms with Crippen molar-refractivity contribution in [2.24, 2.45) is 0 Å². The van der Waals surface area contributed by atoms with Gasteiger partial charge < -0.3 is 20.4 Å². The first kappa shape index (κ1) is 25.6. The summed E-state index contributed by atoms with van der Waals surface area (Å²) in [6, 6.07) is 1.94. The van der Waals surface area contributed by atoms with Gasteiger partial charge in [0.05, 0.1) is 11.4 Å². The summed E-state index contributed by atoms with van der Waals surface area (Å²) in [5, 5.41) is 11.4. The summed E-state index contributed by atoms with van der Waals surface area (Å²) in [6.07, 6.45) is 19.2. The number of allylic oxidation sites excluding steroid dienone is 5. The monoisotopic (exact) mass is 486 g/mol. The van der Waals surface area contributed by atoms with Crippen LogP contribution in [-0.4, -0.2) is 82.4 Å². The summed E-state index contributed by atoms with van der Waals surface area (Å²) in [7, 11) is 2.19. The van der Waals surface area contributed by atoms with Gasteiger partial charge in [0.15, 0.2) is 0 Å². The molecule has 36 heavy (non-hydrogen) atoms. The van der Waals surface area contributed by atoms with E-state index in [-0.39, 0.29) is 0 Å². The molecule has 8 nitrogen and oxygen atoms in total. The van der Waals surface area contributed by atoms with E-state index >= 15 is 0 Å². The van der Waals surface area contributed by atoms with Gasteiger partial charge in [-0.15, -0.1) is 0 Å². The molecule has 0 bridgehead atoms. The molecule has 0 amide bonds. The summed E-state index contributed by atoms with van der Waals surface area (Å²) in [4.78, 5) is 14.1. The van der Waals surface area contributed by atoms with E-state index in [2.05, 4.69) is 76.5 Å². The molecule has 2 aromatic heterocycles. The number of nitrogens with one attached hydrogen (secondary N) is 2. The minimum Gasteiger partial charge on any atom is -0.387 e. The summed E-state index contributed by atoms with van der Waals surface area (Å²) in [5.41, 5.74) is 5.26. The lowest BCUT2D eigenvalue weighted by molar-refractivity contribution is 0.155. The van der Waals surface area contributed by atoms with Gasteiger partial charge in [-0.25, -0.2) is 9.97 Å². The Bertz CT molecular complexity index is 1130. The van der Waals surface area contributed by atoms with Gasteiger partial charge in [0.25, 0.3) is 0 Å². The topological polar surface area (TPSA) is 74.1 Å². The highest BCUT2D eigenvalue weighted by molar-refractivity contribution is 5.79. The van der Waals surface area contributed by atoms with Crippen molar-refractivity contribution in [3.8, 4) is 11.3 Å². The molecule has 0 aromatic carbocycles. The lowest BCUT2D eigenvalue weighted by atomic mass is 10.0. The fourth-order valence-corrected chi connectivity index (χ4v) is 4.32. The van der Waals surface area contributed by atoms with Crippen LogP contribution in [0.4, 0.5) is 5.95 Å². The summed E-state index contributed by atoms with van der Waals surface area (Å²) < 4.78 is 1.96. The molecule has 4 rings (SSSR count). The molecular weight excluding hydrogens is 448 g/mol. The molecular formula is C28H38N8. The fourth-order valence-electron chi connectivity index (χ4n) is 4.32. The van der Waals surface area contributed by atoms with E-state index in [0.29, 0.717) is 12.5 Å². The zero-order valence-electron chi connectivity index (χ0n) is 21.5. The molecule has 0 unspecified atom stereocenters. The number of aryl methyl sites for hydroxylation is 1. The Balaban J connectivity index is 1.37. The van der Waals surface area contributed by atoms with Crippen LogP contribution in [0.15, 0.2) is 73.3 Å². The van der Waals surface area contributed by atoms with E-state index in [4.69, 9.17) is 10.1 Å². The van der Waals surface area contributed by atoms with Crippen LogP contribution in [0.2, 0.25) is 0 Å². The third-order valence-electron chi connectivity index (χ3n) is 6.48. The average molecular weight is 487 g/mol. The van der Waals surface area contributed by atoms with Crippen LogP contribution in [0.5, 0.6) is 0 Å². The Morgan fingerprint density at radius 2 is 2.11 bits per heavy atom. The van der Waals surface area contributed by atoms with Gasteiger partial charge in [0.1, 0.15) is 0 Å². The highest BCUT2D eigenvalue weighted by Gasteiger charge is 2.17. The number of anilines is 1. The van der Waals surface area contributed by atoms with Crippen molar-refractivity contribution in [3.05, 3.63) is 79.0 Å².